The van der Waals surface area contributed by atoms with Gasteiger partial charge in [-0.05, 0) is 20.3 Å². The van der Waals surface area contributed by atoms with Crippen LogP contribution in [0.4, 0.5) is 11.6 Å². The Balaban J connectivity index is 3.04. The number of nitrogens with zero attached hydrogens (tertiary/aromatic N) is 2. The molecule has 0 fully saturated rings. The molecule has 0 radical (unpaired) electrons. The Hall–Kier alpha value is -1.36. The molecule has 3 N–H and O–H groups in total. The smallest absolute Gasteiger partial charge is 0.135 e. The number of rotatable bonds is 5. The van der Waals surface area contributed by atoms with Crippen LogP contribution < -0.4 is 10.6 Å². The number of aliphatic hydroxyl groups excluding tert-OH is 1. The van der Waals surface area contributed by atoms with Crippen LogP contribution in [-0.2, 0) is 6.42 Å². The van der Waals surface area contributed by atoms with Crippen LogP contribution in [0, 0.1) is 0 Å². The number of aromatic nitrogens is 2. The molecular weight excluding hydrogens is 204 g/mol. The van der Waals surface area contributed by atoms with Crippen molar-refractivity contribution in [3.05, 3.63) is 11.9 Å². The third kappa shape index (κ3) is 2.82. The van der Waals surface area contributed by atoms with Crippen LogP contribution in [0.3, 0.4) is 0 Å². The quantitative estimate of drug-likeness (QED) is 0.702. The van der Waals surface area contributed by atoms with Crippen molar-refractivity contribution in [2.75, 3.05) is 24.3 Å². The summed E-state index contributed by atoms with van der Waals surface area (Å²) in [5.41, 5.74) is 0.648. The third-order valence-electron chi connectivity index (χ3n) is 2.39. The second-order valence-corrected chi connectivity index (χ2v) is 4.32. The first-order chi connectivity index (χ1) is 7.54. The molecule has 0 atom stereocenters. The molecule has 0 spiro atoms. The van der Waals surface area contributed by atoms with Gasteiger partial charge in [-0.3, -0.25) is 0 Å². The zero-order valence-electron chi connectivity index (χ0n) is 10.3. The summed E-state index contributed by atoms with van der Waals surface area (Å²) in [5, 5.41) is 15.5. The van der Waals surface area contributed by atoms with E-state index in [0.717, 1.165) is 23.6 Å². The molecule has 0 bridgehead atoms. The molecule has 90 valence electrons. The second-order valence-electron chi connectivity index (χ2n) is 4.32. The summed E-state index contributed by atoms with van der Waals surface area (Å²) in [6.07, 6.45) is 2.35. The highest BCUT2D eigenvalue weighted by molar-refractivity contribution is 5.57. The van der Waals surface area contributed by atoms with Crippen LogP contribution >= 0.6 is 0 Å². The Labute approximate surface area is 96.3 Å². The normalized spacial score (nSPS) is 11.3. The molecule has 0 aliphatic carbocycles. The molecule has 1 aromatic rings. The maximum atomic E-state index is 9.22. The van der Waals surface area contributed by atoms with Crippen molar-refractivity contribution in [1.82, 2.24) is 9.97 Å². The molecule has 0 saturated heterocycles. The van der Waals surface area contributed by atoms with Crippen LogP contribution in [0.25, 0.3) is 0 Å². The van der Waals surface area contributed by atoms with Gasteiger partial charge >= 0.3 is 0 Å². The van der Waals surface area contributed by atoms with Gasteiger partial charge in [0, 0.05) is 12.6 Å². The minimum absolute atomic E-state index is 0.0506. The van der Waals surface area contributed by atoms with Gasteiger partial charge in [0.1, 0.15) is 18.0 Å². The third-order valence-corrected chi connectivity index (χ3v) is 2.39. The summed E-state index contributed by atoms with van der Waals surface area (Å²) in [4.78, 5) is 8.38. The summed E-state index contributed by atoms with van der Waals surface area (Å²) in [6.45, 7) is 5.95. The zero-order valence-corrected chi connectivity index (χ0v) is 10.3. The lowest BCUT2D eigenvalue weighted by Gasteiger charge is -2.25. The van der Waals surface area contributed by atoms with Gasteiger partial charge < -0.3 is 15.7 Å². The van der Waals surface area contributed by atoms with E-state index in [4.69, 9.17) is 0 Å². The number of anilines is 2. The first kappa shape index (κ1) is 12.7. The molecule has 0 aliphatic rings. The predicted octanol–water partition coefficient (Wildman–Crippen LogP) is 1.26. The maximum Gasteiger partial charge on any atom is 0.135 e. The van der Waals surface area contributed by atoms with E-state index in [0.29, 0.717) is 0 Å². The van der Waals surface area contributed by atoms with Gasteiger partial charge in [-0.25, -0.2) is 9.97 Å². The number of nitrogens with one attached hydrogen (secondary N) is 2. The predicted molar refractivity (Wildman–Crippen MR) is 65.7 cm³/mol. The second kappa shape index (κ2) is 5.12. The average Bonchev–Trinajstić information content (AvgIpc) is 2.28. The molecular formula is C11H20N4O. The molecule has 0 aliphatic heterocycles. The van der Waals surface area contributed by atoms with E-state index in [-0.39, 0.29) is 12.1 Å². The molecule has 5 nitrogen and oxygen atoms in total. The molecule has 16 heavy (non-hydrogen) atoms. The van der Waals surface area contributed by atoms with Crippen LogP contribution in [-0.4, -0.2) is 34.3 Å². The molecule has 5 heteroatoms. The summed E-state index contributed by atoms with van der Waals surface area (Å²) < 4.78 is 0. The molecule has 0 saturated carbocycles. The first-order valence-electron chi connectivity index (χ1n) is 5.44. The fourth-order valence-corrected chi connectivity index (χ4v) is 1.43. The van der Waals surface area contributed by atoms with Gasteiger partial charge in [-0.1, -0.05) is 6.92 Å². The average molecular weight is 224 g/mol. The van der Waals surface area contributed by atoms with Crippen molar-refractivity contribution in [3.8, 4) is 0 Å². The summed E-state index contributed by atoms with van der Waals surface area (Å²) in [7, 11) is 1.84. The van der Waals surface area contributed by atoms with Crippen LogP contribution in [0.1, 0.15) is 26.3 Å². The standard InChI is InChI=1S/C11H20N4O/c1-5-8-9(12-4)13-7-14-10(8)15-11(2,3)6-16/h7,16H,5-6H2,1-4H3,(H2,12,13,14,15). The van der Waals surface area contributed by atoms with Crippen molar-refractivity contribution in [3.63, 3.8) is 0 Å². The van der Waals surface area contributed by atoms with E-state index < -0.39 is 0 Å². The van der Waals surface area contributed by atoms with Crippen LogP contribution in [0.5, 0.6) is 0 Å². The van der Waals surface area contributed by atoms with E-state index >= 15 is 0 Å². The first-order valence-corrected chi connectivity index (χ1v) is 5.44. The van der Waals surface area contributed by atoms with E-state index in [1.165, 1.54) is 6.33 Å². The topological polar surface area (TPSA) is 70.1 Å². The Morgan fingerprint density at radius 1 is 1.31 bits per heavy atom. The SMILES string of the molecule is CCc1c(NC)ncnc1NC(C)(C)CO. The number of aliphatic hydroxyl groups is 1. The summed E-state index contributed by atoms with van der Waals surface area (Å²) in [5.74, 6) is 1.61. The van der Waals surface area contributed by atoms with Gasteiger partial charge in [0.05, 0.1) is 12.1 Å². The van der Waals surface area contributed by atoms with Gasteiger partial charge in [0.15, 0.2) is 0 Å². The zero-order chi connectivity index (χ0) is 12.2. The monoisotopic (exact) mass is 224 g/mol. The van der Waals surface area contributed by atoms with Crippen molar-refractivity contribution < 1.29 is 5.11 Å². The minimum Gasteiger partial charge on any atom is -0.394 e. The fraction of sp³-hybridized carbons (Fsp3) is 0.636. The lowest BCUT2D eigenvalue weighted by molar-refractivity contribution is 0.234. The largest absolute Gasteiger partial charge is 0.394 e. The maximum absolute atomic E-state index is 9.22. The molecule has 1 rings (SSSR count). The highest BCUT2D eigenvalue weighted by Crippen LogP contribution is 2.22. The van der Waals surface area contributed by atoms with Crippen molar-refractivity contribution in [2.24, 2.45) is 0 Å². The van der Waals surface area contributed by atoms with Gasteiger partial charge in [0.25, 0.3) is 0 Å². The van der Waals surface area contributed by atoms with Gasteiger partial charge in [-0.2, -0.15) is 0 Å². The highest BCUT2D eigenvalue weighted by atomic mass is 16.3. The van der Waals surface area contributed by atoms with Crippen molar-refractivity contribution >= 4 is 11.6 Å². The van der Waals surface area contributed by atoms with E-state index in [1.54, 1.807) is 0 Å². The van der Waals surface area contributed by atoms with E-state index in [9.17, 15) is 5.11 Å². The van der Waals surface area contributed by atoms with Gasteiger partial charge in [-0.15, -0.1) is 0 Å². The van der Waals surface area contributed by atoms with Crippen molar-refractivity contribution in [1.29, 1.82) is 0 Å². The molecule has 1 heterocycles. The van der Waals surface area contributed by atoms with Crippen LogP contribution in [0.2, 0.25) is 0 Å². The lowest BCUT2D eigenvalue weighted by atomic mass is 10.1. The Morgan fingerprint density at radius 2 is 1.94 bits per heavy atom. The fourth-order valence-electron chi connectivity index (χ4n) is 1.43. The highest BCUT2D eigenvalue weighted by Gasteiger charge is 2.19. The lowest BCUT2D eigenvalue weighted by Crippen LogP contribution is -2.35. The number of hydrogen-bond acceptors (Lipinski definition) is 5. The number of hydrogen-bond donors (Lipinski definition) is 3. The van der Waals surface area contributed by atoms with E-state index in [1.807, 2.05) is 20.9 Å². The van der Waals surface area contributed by atoms with Crippen LogP contribution in [0.15, 0.2) is 6.33 Å². The Morgan fingerprint density at radius 3 is 2.44 bits per heavy atom. The Bertz CT molecular complexity index is 352. The molecule has 1 aromatic heterocycles. The summed E-state index contributed by atoms with van der Waals surface area (Å²) in [6, 6.07) is 0. The van der Waals surface area contributed by atoms with Crippen molar-refractivity contribution in [2.45, 2.75) is 32.7 Å². The van der Waals surface area contributed by atoms with E-state index in [2.05, 4.69) is 27.5 Å². The molecule has 0 unspecified atom stereocenters. The summed E-state index contributed by atoms with van der Waals surface area (Å²) >= 11 is 0. The Kier molecular flexibility index (Phi) is 4.06. The molecule has 0 amide bonds. The minimum atomic E-state index is -0.386. The van der Waals surface area contributed by atoms with Gasteiger partial charge in [0.2, 0.25) is 0 Å². The molecule has 0 aromatic carbocycles.